The Morgan fingerprint density at radius 1 is 1.00 bits per heavy atom. The molecule has 0 atom stereocenters. The van der Waals surface area contributed by atoms with Gasteiger partial charge in [-0.2, -0.15) is 18.6 Å². The minimum absolute atomic E-state index is 0.152. The van der Waals surface area contributed by atoms with Crippen LogP contribution in [-0.2, 0) is 23.9 Å². The monoisotopic (exact) mass is 289 g/mol. The third-order valence-corrected chi connectivity index (χ3v) is 3.23. The fourth-order valence-corrected chi connectivity index (χ4v) is 1.92. The number of ether oxygens (including phenoxy) is 2. The van der Waals surface area contributed by atoms with Gasteiger partial charge < -0.3 is 9.47 Å². The fourth-order valence-electron chi connectivity index (χ4n) is 1.27. The van der Waals surface area contributed by atoms with E-state index in [2.05, 4.69) is 19.7 Å². The predicted molar refractivity (Wildman–Crippen MR) is 61.6 cm³/mol. The van der Waals surface area contributed by atoms with Gasteiger partial charge in [-0.3, -0.25) is 0 Å². The molecule has 0 aliphatic carbocycles. The van der Waals surface area contributed by atoms with Crippen LogP contribution in [0.1, 0.15) is 20.7 Å². The van der Waals surface area contributed by atoms with Gasteiger partial charge in [0, 0.05) is 0 Å². The lowest BCUT2D eigenvalue weighted by Crippen LogP contribution is -2.14. The maximum atomic E-state index is 11.5. The average Bonchev–Trinajstić information content (AvgIpc) is 2.44. The molecule has 0 aromatic heterocycles. The molecule has 1 rings (SSSR count). The van der Waals surface area contributed by atoms with Crippen molar-refractivity contribution in [3.63, 3.8) is 0 Å². The van der Waals surface area contributed by atoms with Crippen LogP contribution in [0, 0.1) is 0 Å². The molecule has 0 fully saturated rings. The zero-order valence-corrected chi connectivity index (χ0v) is 10.9. The van der Waals surface area contributed by atoms with Gasteiger partial charge in [-0.15, -0.1) is 0 Å². The number of benzene rings is 1. The first kappa shape index (κ1) is 15.1. The summed E-state index contributed by atoms with van der Waals surface area (Å²) in [5.41, 5.74) is -0.304. The van der Waals surface area contributed by atoms with Gasteiger partial charge in [-0.25, -0.2) is 9.59 Å². The molecule has 104 valence electrons. The Hall–Kier alpha value is -1.97. The Balaban J connectivity index is 3.49. The highest BCUT2D eigenvalue weighted by molar-refractivity contribution is 7.86. The Morgan fingerprint density at radius 2 is 1.42 bits per heavy atom. The van der Waals surface area contributed by atoms with Crippen LogP contribution in [-0.4, -0.2) is 34.6 Å². The van der Waals surface area contributed by atoms with E-state index in [1.165, 1.54) is 0 Å². The van der Waals surface area contributed by atoms with E-state index in [9.17, 15) is 18.0 Å². The summed E-state index contributed by atoms with van der Waals surface area (Å²) in [5.74, 6) is 3.00. The van der Waals surface area contributed by atoms with Crippen LogP contribution in [0.3, 0.4) is 0 Å². The molecule has 0 radical (unpaired) electrons. The van der Waals surface area contributed by atoms with Crippen molar-refractivity contribution in [3.05, 3.63) is 29.3 Å². The van der Waals surface area contributed by atoms with Crippen LogP contribution in [0.25, 0.3) is 0 Å². The second-order valence-corrected chi connectivity index (χ2v) is 4.85. The van der Waals surface area contributed by atoms with Gasteiger partial charge in [-0.05, 0) is 18.2 Å². The first-order valence-electron chi connectivity index (χ1n) is 4.80. The molecule has 1 aromatic rings. The third-order valence-electron chi connectivity index (χ3n) is 2.16. The average molecular weight is 289 g/mol. The number of methoxy groups -OCH3 is 2. The van der Waals surface area contributed by atoms with Gasteiger partial charge in [0.05, 0.1) is 30.2 Å². The summed E-state index contributed by atoms with van der Waals surface area (Å²) in [7, 11) is -2.04. The molecule has 2 N–H and O–H groups in total. The van der Waals surface area contributed by atoms with Gasteiger partial charge in [0.2, 0.25) is 0 Å². The highest BCUT2D eigenvalue weighted by Gasteiger charge is 2.21. The highest BCUT2D eigenvalue weighted by Crippen LogP contribution is 2.18. The number of esters is 2. The lowest BCUT2D eigenvalue weighted by atomic mass is 10.1. The van der Waals surface area contributed by atoms with Crippen LogP contribution in [0.4, 0.5) is 0 Å². The molecule has 0 saturated heterocycles. The molecule has 0 amide bonds. The SMILES string of the molecule is COC(=O)c1cc(C(=O)OC)cc(S(=O)(=O)ON)c1. The van der Waals surface area contributed by atoms with E-state index in [0.717, 1.165) is 32.4 Å². The van der Waals surface area contributed by atoms with Crippen LogP contribution < -0.4 is 5.90 Å². The van der Waals surface area contributed by atoms with E-state index < -0.39 is 27.0 Å². The number of hydrogen-bond acceptors (Lipinski definition) is 8. The minimum Gasteiger partial charge on any atom is -0.465 e. The number of rotatable bonds is 4. The Labute approximate surface area is 109 Å². The summed E-state index contributed by atoms with van der Waals surface area (Å²) in [6.07, 6.45) is 0. The van der Waals surface area contributed by atoms with Crippen LogP contribution in [0.2, 0.25) is 0 Å². The van der Waals surface area contributed by atoms with Crippen LogP contribution in [0.5, 0.6) is 0 Å². The highest BCUT2D eigenvalue weighted by atomic mass is 32.2. The van der Waals surface area contributed by atoms with Crippen molar-refractivity contribution in [2.75, 3.05) is 14.2 Å². The topological polar surface area (TPSA) is 122 Å². The molecule has 9 heteroatoms. The van der Waals surface area contributed by atoms with E-state index in [-0.39, 0.29) is 11.1 Å². The van der Waals surface area contributed by atoms with E-state index in [1.807, 2.05) is 0 Å². The van der Waals surface area contributed by atoms with E-state index in [1.54, 1.807) is 0 Å². The van der Waals surface area contributed by atoms with Crippen molar-refractivity contribution in [1.82, 2.24) is 0 Å². The summed E-state index contributed by atoms with van der Waals surface area (Å²) in [4.78, 5) is 22.3. The molecule has 0 aliphatic rings. The molecule has 0 heterocycles. The Morgan fingerprint density at radius 3 is 1.74 bits per heavy atom. The van der Waals surface area contributed by atoms with Crippen LogP contribution >= 0.6 is 0 Å². The van der Waals surface area contributed by atoms with Crippen molar-refractivity contribution in [3.8, 4) is 0 Å². The van der Waals surface area contributed by atoms with Gasteiger partial charge in [0.15, 0.2) is 0 Å². The molecule has 0 spiro atoms. The quantitative estimate of drug-likeness (QED) is 0.599. The normalized spacial score (nSPS) is 10.9. The van der Waals surface area contributed by atoms with Crippen molar-refractivity contribution in [2.45, 2.75) is 4.90 Å². The van der Waals surface area contributed by atoms with Crippen molar-refractivity contribution in [1.29, 1.82) is 0 Å². The van der Waals surface area contributed by atoms with Crippen molar-refractivity contribution >= 4 is 22.1 Å². The van der Waals surface area contributed by atoms with E-state index in [0.29, 0.717) is 0 Å². The molecule has 19 heavy (non-hydrogen) atoms. The summed E-state index contributed by atoms with van der Waals surface area (Å²) < 4.78 is 35.7. The summed E-state index contributed by atoms with van der Waals surface area (Å²) in [5, 5.41) is 0. The summed E-state index contributed by atoms with van der Waals surface area (Å²) in [6.45, 7) is 0. The minimum atomic E-state index is -4.26. The predicted octanol–water partition coefficient (Wildman–Crippen LogP) is -0.161. The van der Waals surface area contributed by atoms with E-state index in [4.69, 9.17) is 0 Å². The van der Waals surface area contributed by atoms with Gasteiger partial charge >= 0.3 is 22.1 Å². The van der Waals surface area contributed by atoms with Crippen molar-refractivity contribution < 1.29 is 31.8 Å². The first-order chi connectivity index (χ1) is 8.85. The molecule has 0 bridgehead atoms. The summed E-state index contributed by atoms with van der Waals surface area (Å²) in [6, 6.07) is 3.08. The first-order valence-corrected chi connectivity index (χ1v) is 6.21. The Bertz CT molecular complexity index is 574. The standard InChI is InChI=1S/C10H11NO7S/c1-16-9(12)6-3-7(10(13)17-2)5-8(4-6)19(14,15)18-11/h3-5H,11H2,1-2H3. The zero-order valence-electron chi connectivity index (χ0n) is 10.1. The molecule has 8 nitrogen and oxygen atoms in total. The number of nitrogens with two attached hydrogens (primary N) is 1. The number of hydrogen-bond donors (Lipinski definition) is 1. The van der Waals surface area contributed by atoms with Gasteiger partial charge in [0.25, 0.3) is 0 Å². The number of carbonyl (C=O) groups is 2. The maximum absolute atomic E-state index is 11.5. The second-order valence-electron chi connectivity index (χ2n) is 3.28. The molecular formula is C10H11NO7S. The molecule has 0 aliphatic heterocycles. The fraction of sp³-hybridized carbons (Fsp3) is 0.200. The van der Waals surface area contributed by atoms with Gasteiger partial charge in [0.1, 0.15) is 0 Å². The zero-order chi connectivity index (χ0) is 14.6. The second kappa shape index (κ2) is 5.78. The third kappa shape index (κ3) is 3.28. The molecular weight excluding hydrogens is 278 g/mol. The molecule has 0 saturated carbocycles. The molecule has 1 aromatic carbocycles. The number of carbonyl (C=O) groups excluding carboxylic acids is 2. The largest absolute Gasteiger partial charge is 0.465 e. The summed E-state index contributed by atoms with van der Waals surface area (Å²) >= 11 is 0. The van der Waals surface area contributed by atoms with E-state index >= 15 is 0 Å². The lowest BCUT2D eigenvalue weighted by Gasteiger charge is -2.07. The van der Waals surface area contributed by atoms with Gasteiger partial charge in [-0.1, -0.05) is 0 Å². The van der Waals surface area contributed by atoms with Crippen LogP contribution in [0.15, 0.2) is 23.1 Å². The lowest BCUT2D eigenvalue weighted by molar-refractivity contribution is 0.0598. The van der Waals surface area contributed by atoms with Crippen molar-refractivity contribution in [2.24, 2.45) is 5.90 Å². The molecule has 0 unspecified atom stereocenters. The Kier molecular flexibility index (Phi) is 4.59. The maximum Gasteiger partial charge on any atom is 0.337 e. The smallest absolute Gasteiger partial charge is 0.337 e.